The average Bonchev–Trinajstić information content (AvgIpc) is 2.25. The van der Waals surface area contributed by atoms with Crippen LogP contribution >= 0.6 is 0 Å². The summed E-state index contributed by atoms with van der Waals surface area (Å²) in [5, 5.41) is 0. The molecule has 0 saturated heterocycles. The van der Waals surface area contributed by atoms with E-state index in [9.17, 15) is 4.39 Å². The van der Waals surface area contributed by atoms with Crippen LogP contribution in [0.3, 0.4) is 0 Å². The van der Waals surface area contributed by atoms with E-state index in [-0.39, 0.29) is 5.82 Å². The SMILES string of the molecule is NC1CCC(Cc2ccccc2F)CC1. The van der Waals surface area contributed by atoms with E-state index in [2.05, 4.69) is 0 Å². The van der Waals surface area contributed by atoms with Crippen LogP contribution in [0.15, 0.2) is 24.3 Å². The van der Waals surface area contributed by atoms with Gasteiger partial charge in [-0.05, 0) is 49.7 Å². The predicted molar refractivity (Wildman–Crippen MR) is 60.0 cm³/mol. The van der Waals surface area contributed by atoms with E-state index < -0.39 is 0 Å². The van der Waals surface area contributed by atoms with Gasteiger partial charge in [0.15, 0.2) is 0 Å². The maximum absolute atomic E-state index is 13.4. The number of nitrogens with two attached hydrogens (primary N) is 1. The molecule has 1 fully saturated rings. The Hall–Kier alpha value is -0.890. The Morgan fingerprint density at radius 3 is 2.47 bits per heavy atom. The summed E-state index contributed by atoms with van der Waals surface area (Å²) in [4.78, 5) is 0. The second-order valence-electron chi connectivity index (χ2n) is 4.58. The van der Waals surface area contributed by atoms with Gasteiger partial charge in [-0.25, -0.2) is 4.39 Å². The van der Waals surface area contributed by atoms with Gasteiger partial charge in [-0.15, -0.1) is 0 Å². The highest BCUT2D eigenvalue weighted by molar-refractivity contribution is 5.17. The van der Waals surface area contributed by atoms with E-state index in [1.165, 1.54) is 0 Å². The van der Waals surface area contributed by atoms with E-state index >= 15 is 0 Å². The molecular formula is C13H18FN. The van der Waals surface area contributed by atoms with Crippen LogP contribution in [0.4, 0.5) is 4.39 Å². The molecule has 0 aromatic heterocycles. The van der Waals surface area contributed by atoms with Gasteiger partial charge < -0.3 is 5.73 Å². The zero-order chi connectivity index (χ0) is 10.7. The molecule has 82 valence electrons. The molecule has 1 aliphatic rings. The third-order valence-electron chi connectivity index (χ3n) is 3.36. The molecule has 0 heterocycles. The quantitative estimate of drug-likeness (QED) is 0.792. The van der Waals surface area contributed by atoms with Gasteiger partial charge in [-0.1, -0.05) is 18.2 Å². The van der Waals surface area contributed by atoms with Gasteiger partial charge in [-0.2, -0.15) is 0 Å². The lowest BCUT2D eigenvalue weighted by Crippen LogP contribution is -2.27. The molecule has 1 aromatic carbocycles. The number of benzene rings is 1. The van der Waals surface area contributed by atoms with Gasteiger partial charge in [0.05, 0.1) is 0 Å². The number of rotatable bonds is 2. The van der Waals surface area contributed by atoms with E-state index in [0.717, 1.165) is 37.7 Å². The smallest absolute Gasteiger partial charge is 0.126 e. The van der Waals surface area contributed by atoms with Crippen LogP contribution in [-0.2, 0) is 6.42 Å². The molecule has 1 aliphatic carbocycles. The summed E-state index contributed by atoms with van der Waals surface area (Å²) in [6.45, 7) is 0. The van der Waals surface area contributed by atoms with Crippen molar-refractivity contribution in [1.29, 1.82) is 0 Å². The molecule has 1 aromatic rings. The van der Waals surface area contributed by atoms with E-state index in [0.29, 0.717) is 12.0 Å². The molecule has 0 atom stereocenters. The first-order chi connectivity index (χ1) is 7.25. The summed E-state index contributed by atoms with van der Waals surface area (Å²) < 4.78 is 13.4. The Balaban J connectivity index is 1.95. The second-order valence-corrected chi connectivity index (χ2v) is 4.58. The van der Waals surface area contributed by atoms with Crippen LogP contribution in [0.1, 0.15) is 31.2 Å². The van der Waals surface area contributed by atoms with Crippen molar-refractivity contribution in [3.63, 3.8) is 0 Å². The fraction of sp³-hybridized carbons (Fsp3) is 0.538. The molecule has 1 saturated carbocycles. The Bertz CT molecular complexity index is 316. The van der Waals surface area contributed by atoms with Crippen LogP contribution in [0.2, 0.25) is 0 Å². The maximum Gasteiger partial charge on any atom is 0.126 e. The van der Waals surface area contributed by atoms with E-state index in [4.69, 9.17) is 5.73 Å². The Labute approximate surface area is 90.5 Å². The van der Waals surface area contributed by atoms with Gasteiger partial charge >= 0.3 is 0 Å². The molecule has 2 heteroatoms. The van der Waals surface area contributed by atoms with E-state index in [1.807, 2.05) is 12.1 Å². The highest BCUT2D eigenvalue weighted by Gasteiger charge is 2.19. The Kier molecular flexibility index (Phi) is 3.37. The molecule has 2 rings (SSSR count). The zero-order valence-corrected chi connectivity index (χ0v) is 8.95. The predicted octanol–water partition coefficient (Wildman–Crippen LogP) is 2.89. The molecule has 0 spiro atoms. The second kappa shape index (κ2) is 4.75. The van der Waals surface area contributed by atoms with Crippen molar-refractivity contribution in [2.45, 2.75) is 38.1 Å². The third-order valence-corrected chi connectivity index (χ3v) is 3.36. The zero-order valence-electron chi connectivity index (χ0n) is 8.95. The molecular weight excluding hydrogens is 189 g/mol. The molecule has 0 radical (unpaired) electrons. The summed E-state index contributed by atoms with van der Waals surface area (Å²) in [5.41, 5.74) is 6.71. The summed E-state index contributed by atoms with van der Waals surface area (Å²) >= 11 is 0. The highest BCUT2D eigenvalue weighted by atomic mass is 19.1. The van der Waals surface area contributed by atoms with Crippen molar-refractivity contribution in [1.82, 2.24) is 0 Å². The molecule has 0 amide bonds. The lowest BCUT2D eigenvalue weighted by molar-refractivity contribution is 0.322. The van der Waals surface area contributed by atoms with Crippen molar-refractivity contribution in [2.75, 3.05) is 0 Å². The van der Waals surface area contributed by atoms with Gasteiger partial charge in [-0.3, -0.25) is 0 Å². The Morgan fingerprint density at radius 1 is 1.13 bits per heavy atom. The molecule has 1 nitrogen and oxygen atoms in total. The van der Waals surface area contributed by atoms with Crippen LogP contribution in [0.5, 0.6) is 0 Å². The van der Waals surface area contributed by atoms with Crippen molar-refractivity contribution in [3.8, 4) is 0 Å². The fourth-order valence-electron chi connectivity index (χ4n) is 2.37. The topological polar surface area (TPSA) is 26.0 Å². The lowest BCUT2D eigenvalue weighted by Gasteiger charge is -2.26. The Morgan fingerprint density at radius 2 is 1.80 bits per heavy atom. The maximum atomic E-state index is 13.4. The summed E-state index contributed by atoms with van der Waals surface area (Å²) in [5.74, 6) is 0.564. The lowest BCUT2D eigenvalue weighted by atomic mass is 9.83. The van der Waals surface area contributed by atoms with Crippen LogP contribution in [0, 0.1) is 11.7 Å². The number of halogens is 1. The van der Waals surface area contributed by atoms with E-state index in [1.54, 1.807) is 12.1 Å². The van der Waals surface area contributed by atoms with Crippen LogP contribution < -0.4 is 5.73 Å². The van der Waals surface area contributed by atoms with Gasteiger partial charge in [0, 0.05) is 6.04 Å². The van der Waals surface area contributed by atoms with Crippen LogP contribution in [0.25, 0.3) is 0 Å². The summed E-state index contributed by atoms with van der Waals surface area (Å²) in [6.07, 6.45) is 5.36. The first-order valence-electron chi connectivity index (χ1n) is 5.74. The minimum atomic E-state index is -0.0626. The van der Waals surface area contributed by atoms with Crippen molar-refractivity contribution < 1.29 is 4.39 Å². The fourth-order valence-corrected chi connectivity index (χ4v) is 2.37. The van der Waals surface area contributed by atoms with Crippen molar-refractivity contribution in [3.05, 3.63) is 35.6 Å². The normalized spacial score (nSPS) is 26.5. The molecule has 2 N–H and O–H groups in total. The van der Waals surface area contributed by atoms with Gasteiger partial charge in [0.2, 0.25) is 0 Å². The average molecular weight is 207 g/mol. The first-order valence-corrected chi connectivity index (χ1v) is 5.74. The van der Waals surface area contributed by atoms with Gasteiger partial charge in [0.1, 0.15) is 5.82 Å². The summed E-state index contributed by atoms with van der Waals surface area (Å²) in [7, 11) is 0. The highest BCUT2D eigenvalue weighted by Crippen LogP contribution is 2.27. The standard InChI is InChI=1S/C13H18FN/c14-13-4-2-1-3-11(13)9-10-5-7-12(15)8-6-10/h1-4,10,12H,5-9,15H2. The molecule has 15 heavy (non-hydrogen) atoms. The first kappa shape index (κ1) is 10.6. The molecule has 0 bridgehead atoms. The minimum Gasteiger partial charge on any atom is -0.328 e. The molecule has 0 unspecified atom stereocenters. The largest absolute Gasteiger partial charge is 0.328 e. The van der Waals surface area contributed by atoms with Gasteiger partial charge in [0.25, 0.3) is 0 Å². The van der Waals surface area contributed by atoms with Crippen LogP contribution in [-0.4, -0.2) is 6.04 Å². The number of hydrogen-bond acceptors (Lipinski definition) is 1. The third kappa shape index (κ3) is 2.78. The monoisotopic (exact) mass is 207 g/mol. The summed E-state index contributed by atoms with van der Waals surface area (Å²) in [6, 6.07) is 7.47. The van der Waals surface area contributed by atoms with Crippen molar-refractivity contribution >= 4 is 0 Å². The molecule has 0 aliphatic heterocycles. The number of hydrogen-bond donors (Lipinski definition) is 1. The minimum absolute atomic E-state index is 0.0626. The van der Waals surface area contributed by atoms with Crippen molar-refractivity contribution in [2.24, 2.45) is 11.7 Å².